The number of fused-ring (bicyclic) bond motifs is 1. The van der Waals surface area contributed by atoms with Crippen molar-refractivity contribution in [2.45, 2.75) is 52.2 Å². The molecule has 0 saturated carbocycles. The smallest absolute Gasteiger partial charge is 0.0739 e. The summed E-state index contributed by atoms with van der Waals surface area (Å²) in [4.78, 5) is 0. The number of hydrogen-bond donors (Lipinski definition) is 1. The van der Waals surface area contributed by atoms with E-state index >= 15 is 0 Å². The Morgan fingerprint density at radius 1 is 1.45 bits per heavy atom. The van der Waals surface area contributed by atoms with Crippen LogP contribution >= 0.6 is 15.9 Å². The first-order valence-corrected chi connectivity index (χ1v) is 8.05. The number of hydrogen-bond acceptors (Lipinski definition) is 2. The first kappa shape index (κ1) is 13.9. The van der Waals surface area contributed by atoms with E-state index in [4.69, 9.17) is 5.73 Å². The number of nitrogens with zero attached hydrogens (tertiary/aromatic N) is 3. The molecule has 108 valence electrons. The molecule has 2 heterocycles. The molecule has 0 aromatic carbocycles. The van der Waals surface area contributed by atoms with Crippen LogP contribution < -0.4 is 5.73 Å². The molecule has 1 aliphatic rings. The summed E-state index contributed by atoms with van der Waals surface area (Å²) in [7, 11) is 0. The normalized spacial score (nSPS) is 18.3. The highest BCUT2D eigenvalue weighted by Crippen LogP contribution is 2.29. The van der Waals surface area contributed by atoms with E-state index in [1.54, 1.807) is 0 Å². The fourth-order valence-corrected chi connectivity index (χ4v) is 3.48. The summed E-state index contributed by atoms with van der Waals surface area (Å²) in [6, 6.07) is 0.210. The SMILES string of the molecule is CCn1nc(C)c(Br)c1Cn1cc2c(c1)C(N)CCC2. The molecule has 0 aliphatic heterocycles. The van der Waals surface area contributed by atoms with Gasteiger partial charge in [0.2, 0.25) is 0 Å². The Morgan fingerprint density at radius 3 is 2.95 bits per heavy atom. The zero-order valence-electron chi connectivity index (χ0n) is 12.1. The highest BCUT2D eigenvalue weighted by atomic mass is 79.9. The molecule has 0 saturated heterocycles. The fourth-order valence-electron chi connectivity index (χ4n) is 3.07. The molecule has 2 aromatic heterocycles. The monoisotopic (exact) mass is 336 g/mol. The van der Waals surface area contributed by atoms with Crippen molar-refractivity contribution in [2.24, 2.45) is 5.73 Å². The Kier molecular flexibility index (Phi) is 3.73. The number of aromatic nitrogens is 3. The van der Waals surface area contributed by atoms with Gasteiger partial charge in [0, 0.05) is 25.0 Å². The van der Waals surface area contributed by atoms with Gasteiger partial charge < -0.3 is 10.3 Å². The van der Waals surface area contributed by atoms with Crippen LogP contribution in [0.15, 0.2) is 16.9 Å². The highest BCUT2D eigenvalue weighted by molar-refractivity contribution is 9.10. The largest absolute Gasteiger partial charge is 0.348 e. The van der Waals surface area contributed by atoms with Crippen LogP contribution in [0.2, 0.25) is 0 Å². The van der Waals surface area contributed by atoms with Crippen molar-refractivity contribution in [1.82, 2.24) is 14.3 Å². The van der Waals surface area contributed by atoms with Crippen molar-refractivity contribution in [3.05, 3.63) is 39.4 Å². The number of rotatable bonds is 3. The van der Waals surface area contributed by atoms with Crippen molar-refractivity contribution in [2.75, 3.05) is 0 Å². The van der Waals surface area contributed by atoms with Crippen molar-refractivity contribution in [3.63, 3.8) is 0 Å². The first-order valence-electron chi connectivity index (χ1n) is 7.26. The van der Waals surface area contributed by atoms with Gasteiger partial charge in [-0.15, -0.1) is 0 Å². The Bertz CT molecular complexity index is 626. The van der Waals surface area contributed by atoms with Gasteiger partial charge >= 0.3 is 0 Å². The van der Waals surface area contributed by atoms with Crippen molar-refractivity contribution >= 4 is 15.9 Å². The maximum Gasteiger partial charge on any atom is 0.0739 e. The minimum Gasteiger partial charge on any atom is -0.348 e. The molecular weight excluding hydrogens is 316 g/mol. The summed E-state index contributed by atoms with van der Waals surface area (Å²) < 4.78 is 5.44. The van der Waals surface area contributed by atoms with E-state index in [1.807, 2.05) is 6.92 Å². The lowest BCUT2D eigenvalue weighted by molar-refractivity contribution is 0.573. The third-order valence-electron chi connectivity index (χ3n) is 4.14. The van der Waals surface area contributed by atoms with Gasteiger partial charge in [-0.3, -0.25) is 4.68 Å². The molecule has 0 amide bonds. The summed E-state index contributed by atoms with van der Waals surface area (Å²) in [5.74, 6) is 0. The van der Waals surface area contributed by atoms with Gasteiger partial charge in [0.15, 0.2) is 0 Å². The van der Waals surface area contributed by atoms with Crippen LogP contribution in [0, 0.1) is 6.92 Å². The summed E-state index contributed by atoms with van der Waals surface area (Å²) in [6.45, 7) is 5.90. The third-order valence-corrected chi connectivity index (χ3v) is 5.17. The van der Waals surface area contributed by atoms with Crippen LogP contribution in [0.25, 0.3) is 0 Å². The Balaban J connectivity index is 1.92. The molecule has 1 atom stereocenters. The fraction of sp³-hybridized carbons (Fsp3) is 0.533. The van der Waals surface area contributed by atoms with E-state index in [0.717, 1.165) is 36.1 Å². The molecule has 2 N–H and O–H groups in total. The topological polar surface area (TPSA) is 48.8 Å². The molecule has 0 bridgehead atoms. The van der Waals surface area contributed by atoms with E-state index in [9.17, 15) is 0 Å². The van der Waals surface area contributed by atoms with E-state index < -0.39 is 0 Å². The van der Waals surface area contributed by atoms with Crippen molar-refractivity contribution in [3.8, 4) is 0 Å². The molecule has 0 fully saturated rings. The summed E-state index contributed by atoms with van der Waals surface area (Å²) in [6.07, 6.45) is 7.93. The molecule has 1 aliphatic carbocycles. The first-order chi connectivity index (χ1) is 9.60. The standard InChI is InChI=1S/C15H21BrN4/c1-3-20-14(15(16)10(2)18-20)9-19-7-11-5-4-6-13(17)12(11)8-19/h7-8,13H,3-6,9,17H2,1-2H3. The third kappa shape index (κ3) is 2.33. The zero-order chi connectivity index (χ0) is 14.3. The second kappa shape index (κ2) is 5.37. The molecule has 20 heavy (non-hydrogen) atoms. The Hall–Kier alpha value is -1.07. The van der Waals surface area contributed by atoms with Crippen LogP contribution in [0.4, 0.5) is 0 Å². The van der Waals surface area contributed by atoms with Crippen LogP contribution in [0.3, 0.4) is 0 Å². The number of nitrogens with two attached hydrogens (primary N) is 1. The van der Waals surface area contributed by atoms with Gasteiger partial charge in [0.25, 0.3) is 0 Å². The molecule has 5 heteroatoms. The predicted octanol–water partition coefficient (Wildman–Crippen LogP) is 3.16. The minimum absolute atomic E-state index is 0.210. The van der Waals surface area contributed by atoms with Crippen LogP contribution in [0.5, 0.6) is 0 Å². The van der Waals surface area contributed by atoms with Gasteiger partial charge in [-0.25, -0.2) is 0 Å². The molecule has 0 spiro atoms. The lowest BCUT2D eigenvalue weighted by Crippen LogP contribution is -2.15. The molecular formula is C15H21BrN4. The summed E-state index contributed by atoms with van der Waals surface area (Å²) >= 11 is 3.66. The van der Waals surface area contributed by atoms with Crippen LogP contribution in [0.1, 0.15) is 48.3 Å². The molecule has 2 aromatic rings. The second-order valence-corrected chi connectivity index (χ2v) is 6.36. The van der Waals surface area contributed by atoms with Gasteiger partial charge in [0.05, 0.1) is 22.4 Å². The number of aryl methyl sites for hydroxylation is 3. The Morgan fingerprint density at radius 2 is 2.25 bits per heavy atom. The van der Waals surface area contributed by atoms with Gasteiger partial charge in [-0.1, -0.05) is 0 Å². The lowest BCUT2D eigenvalue weighted by atomic mass is 9.92. The molecule has 0 radical (unpaired) electrons. The maximum atomic E-state index is 6.20. The lowest BCUT2D eigenvalue weighted by Gasteiger charge is -2.17. The summed E-state index contributed by atoms with van der Waals surface area (Å²) in [5, 5.41) is 4.55. The molecule has 3 rings (SSSR count). The van der Waals surface area contributed by atoms with Crippen molar-refractivity contribution < 1.29 is 0 Å². The van der Waals surface area contributed by atoms with E-state index in [-0.39, 0.29) is 6.04 Å². The Labute approximate surface area is 128 Å². The van der Waals surface area contributed by atoms with Crippen LogP contribution in [-0.4, -0.2) is 14.3 Å². The van der Waals surface area contributed by atoms with Crippen LogP contribution in [-0.2, 0) is 19.5 Å². The van der Waals surface area contributed by atoms with E-state index in [2.05, 4.69) is 49.6 Å². The number of halogens is 1. The second-order valence-electron chi connectivity index (χ2n) is 5.57. The predicted molar refractivity (Wildman–Crippen MR) is 83.7 cm³/mol. The summed E-state index contributed by atoms with van der Waals surface area (Å²) in [5.41, 5.74) is 11.2. The highest BCUT2D eigenvalue weighted by Gasteiger charge is 2.20. The van der Waals surface area contributed by atoms with E-state index in [0.29, 0.717) is 0 Å². The average molecular weight is 337 g/mol. The van der Waals surface area contributed by atoms with Gasteiger partial charge in [-0.2, -0.15) is 5.10 Å². The van der Waals surface area contributed by atoms with E-state index in [1.165, 1.54) is 23.2 Å². The average Bonchev–Trinajstić information content (AvgIpc) is 2.96. The molecule has 1 unspecified atom stereocenters. The molecule has 4 nitrogen and oxygen atoms in total. The van der Waals surface area contributed by atoms with Gasteiger partial charge in [0.1, 0.15) is 0 Å². The zero-order valence-corrected chi connectivity index (χ0v) is 13.7. The minimum atomic E-state index is 0.210. The van der Waals surface area contributed by atoms with Crippen molar-refractivity contribution in [1.29, 1.82) is 0 Å². The quantitative estimate of drug-likeness (QED) is 0.935. The maximum absolute atomic E-state index is 6.20. The van der Waals surface area contributed by atoms with Gasteiger partial charge in [-0.05, 0) is 60.2 Å².